The molecule has 2 saturated heterocycles. The largest absolute Gasteiger partial charge is 0.492 e. The third-order valence-electron chi connectivity index (χ3n) is 5.44. The Kier molecular flexibility index (Phi) is 4.44. The average molecular weight is 356 g/mol. The van der Waals surface area contributed by atoms with Gasteiger partial charge in [-0.2, -0.15) is 0 Å². The number of amides is 1. The van der Waals surface area contributed by atoms with Crippen LogP contribution in [0.1, 0.15) is 34.7 Å². The van der Waals surface area contributed by atoms with Crippen molar-refractivity contribution in [1.29, 1.82) is 0 Å². The Bertz CT molecular complexity index is 780. The Morgan fingerprint density at radius 3 is 2.96 bits per heavy atom. The quantitative estimate of drug-likeness (QED) is 0.824. The smallest absolute Gasteiger partial charge is 0.257 e. The van der Waals surface area contributed by atoms with E-state index in [4.69, 9.17) is 13.9 Å². The summed E-state index contributed by atoms with van der Waals surface area (Å²) < 4.78 is 17.3. The molecule has 26 heavy (non-hydrogen) atoms. The maximum absolute atomic E-state index is 12.7. The Morgan fingerprint density at radius 1 is 1.42 bits per heavy atom. The molecule has 4 rings (SSSR count). The van der Waals surface area contributed by atoms with Crippen LogP contribution in [0.2, 0.25) is 0 Å². The third-order valence-corrected chi connectivity index (χ3v) is 5.44. The lowest BCUT2D eigenvalue weighted by molar-refractivity contribution is -0.119. The minimum atomic E-state index is -0.208. The van der Waals surface area contributed by atoms with Crippen LogP contribution in [0.3, 0.4) is 0 Å². The fourth-order valence-electron chi connectivity index (χ4n) is 4.05. The molecular formula is C20H24N2O4. The molecule has 0 radical (unpaired) electrons. The van der Waals surface area contributed by atoms with Gasteiger partial charge >= 0.3 is 0 Å². The van der Waals surface area contributed by atoms with Crippen LogP contribution in [0, 0.1) is 19.8 Å². The molecule has 1 amide bonds. The molecule has 2 fully saturated rings. The molecule has 0 unspecified atom stereocenters. The number of pyridine rings is 1. The van der Waals surface area contributed by atoms with E-state index in [1.807, 2.05) is 36.9 Å². The topological polar surface area (TPSA) is 64.8 Å². The zero-order chi connectivity index (χ0) is 18.1. The lowest BCUT2D eigenvalue weighted by Gasteiger charge is -2.50. The molecule has 0 bridgehead atoms. The van der Waals surface area contributed by atoms with Crippen molar-refractivity contribution in [3.05, 3.63) is 47.7 Å². The molecule has 6 heteroatoms. The number of hydrogen-bond donors (Lipinski definition) is 0. The van der Waals surface area contributed by atoms with E-state index >= 15 is 0 Å². The number of carbonyl (C=O) groups is 1. The monoisotopic (exact) mass is 356 g/mol. The predicted octanol–water partition coefficient (Wildman–Crippen LogP) is 2.99. The second kappa shape index (κ2) is 6.76. The van der Waals surface area contributed by atoms with Crippen LogP contribution >= 0.6 is 0 Å². The molecule has 1 spiro atoms. The van der Waals surface area contributed by atoms with E-state index in [2.05, 4.69) is 4.98 Å². The lowest BCUT2D eigenvalue weighted by Crippen LogP contribution is -2.66. The first-order chi connectivity index (χ1) is 12.6. The summed E-state index contributed by atoms with van der Waals surface area (Å²) in [6.07, 6.45) is 5.39. The van der Waals surface area contributed by atoms with Gasteiger partial charge in [0.05, 0.1) is 31.5 Å². The van der Waals surface area contributed by atoms with E-state index in [1.165, 1.54) is 0 Å². The average Bonchev–Trinajstić information content (AvgIpc) is 3.17. The highest BCUT2D eigenvalue weighted by atomic mass is 16.5. The SMILES string of the molecule is Cc1cc(C(=O)N2CC3(C2)OCC[C@@H]3CCOc2cccnc2)c(C)o1. The summed E-state index contributed by atoms with van der Waals surface area (Å²) in [7, 11) is 0. The number of hydrogen-bond acceptors (Lipinski definition) is 5. The van der Waals surface area contributed by atoms with Crippen LogP contribution in [0.4, 0.5) is 0 Å². The van der Waals surface area contributed by atoms with Gasteiger partial charge in [0, 0.05) is 12.8 Å². The van der Waals surface area contributed by atoms with Gasteiger partial charge < -0.3 is 18.8 Å². The Balaban J connectivity index is 1.33. The van der Waals surface area contributed by atoms with Crippen LogP contribution in [0.5, 0.6) is 5.75 Å². The highest BCUT2D eigenvalue weighted by Crippen LogP contribution is 2.42. The van der Waals surface area contributed by atoms with Crippen molar-refractivity contribution in [1.82, 2.24) is 9.88 Å². The predicted molar refractivity (Wildman–Crippen MR) is 95.2 cm³/mol. The van der Waals surface area contributed by atoms with Crippen molar-refractivity contribution in [2.24, 2.45) is 5.92 Å². The van der Waals surface area contributed by atoms with Gasteiger partial charge in [-0.15, -0.1) is 0 Å². The molecule has 138 valence electrons. The fourth-order valence-corrected chi connectivity index (χ4v) is 4.05. The molecule has 0 aromatic carbocycles. The molecule has 4 heterocycles. The van der Waals surface area contributed by atoms with Crippen molar-refractivity contribution in [2.75, 3.05) is 26.3 Å². The summed E-state index contributed by atoms with van der Waals surface area (Å²) >= 11 is 0. The van der Waals surface area contributed by atoms with Crippen molar-refractivity contribution in [3.63, 3.8) is 0 Å². The molecule has 2 aromatic heterocycles. The van der Waals surface area contributed by atoms with Gasteiger partial charge in [0.2, 0.25) is 0 Å². The number of nitrogens with zero attached hydrogens (tertiary/aromatic N) is 2. The molecule has 0 saturated carbocycles. The van der Waals surface area contributed by atoms with E-state index < -0.39 is 0 Å². The van der Waals surface area contributed by atoms with Crippen LogP contribution in [-0.2, 0) is 4.74 Å². The zero-order valence-electron chi connectivity index (χ0n) is 15.2. The number of aromatic nitrogens is 1. The zero-order valence-corrected chi connectivity index (χ0v) is 15.2. The Morgan fingerprint density at radius 2 is 2.27 bits per heavy atom. The Labute approximate surface area is 153 Å². The first-order valence-electron chi connectivity index (χ1n) is 9.10. The molecule has 2 aliphatic rings. The second-order valence-electron chi connectivity index (χ2n) is 7.21. The molecule has 0 N–H and O–H groups in total. The highest BCUT2D eigenvalue weighted by Gasteiger charge is 2.54. The van der Waals surface area contributed by atoms with Crippen LogP contribution in [0.25, 0.3) is 0 Å². The maximum atomic E-state index is 12.7. The van der Waals surface area contributed by atoms with E-state index in [-0.39, 0.29) is 11.5 Å². The third kappa shape index (κ3) is 3.09. The molecular weight excluding hydrogens is 332 g/mol. The summed E-state index contributed by atoms with van der Waals surface area (Å²) in [5.41, 5.74) is 0.451. The first-order valence-corrected chi connectivity index (χ1v) is 9.10. The minimum absolute atomic E-state index is 0.0332. The van der Waals surface area contributed by atoms with Gasteiger partial charge in [-0.25, -0.2) is 0 Å². The van der Waals surface area contributed by atoms with Gasteiger partial charge in [0.15, 0.2) is 0 Å². The van der Waals surface area contributed by atoms with Crippen molar-refractivity contribution in [3.8, 4) is 5.75 Å². The van der Waals surface area contributed by atoms with Crippen LogP contribution in [-0.4, -0.2) is 47.7 Å². The normalized spacial score (nSPS) is 21.0. The van der Waals surface area contributed by atoms with E-state index in [1.54, 1.807) is 12.4 Å². The van der Waals surface area contributed by atoms with E-state index in [0.717, 1.165) is 31.0 Å². The van der Waals surface area contributed by atoms with Gasteiger partial charge in [-0.05, 0) is 50.8 Å². The number of furan rings is 1. The first kappa shape index (κ1) is 17.1. The van der Waals surface area contributed by atoms with Gasteiger partial charge in [-0.1, -0.05) is 0 Å². The van der Waals surface area contributed by atoms with Crippen molar-refractivity contribution < 1.29 is 18.7 Å². The summed E-state index contributed by atoms with van der Waals surface area (Å²) in [5, 5.41) is 0. The highest BCUT2D eigenvalue weighted by molar-refractivity contribution is 5.96. The number of ether oxygens (including phenoxy) is 2. The van der Waals surface area contributed by atoms with Crippen LogP contribution < -0.4 is 4.74 Å². The summed E-state index contributed by atoms with van der Waals surface area (Å²) in [6.45, 7) is 6.37. The standard InChI is InChI=1S/C20H24N2O4/c1-14-10-18(15(2)26-14)19(23)22-12-20(13-22)16(6-9-25-20)5-8-24-17-4-3-7-21-11-17/h3-4,7,10-11,16H,5-6,8-9,12-13H2,1-2H3/t16-/m0/s1. The lowest BCUT2D eigenvalue weighted by atomic mass is 9.79. The molecule has 1 atom stereocenters. The molecule has 6 nitrogen and oxygen atoms in total. The molecule has 0 aliphatic carbocycles. The van der Waals surface area contributed by atoms with Gasteiger partial charge in [-0.3, -0.25) is 9.78 Å². The molecule has 2 aliphatic heterocycles. The fraction of sp³-hybridized carbons (Fsp3) is 0.500. The van der Waals surface area contributed by atoms with Gasteiger partial charge in [0.1, 0.15) is 22.9 Å². The summed E-state index contributed by atoms with van der Waals surface area (Å²) in [5.74, 6) is 2.68. The van der Waals surface area contributed by atoms with E-state index in [9.17, 15) is 4.79 Å². The van der Waals surface area contributed by atoms with Crippen LogP contribution in [0.15, 0.2) is 35.0 Å². The maximum Gasteiger partial charge on any atom is 0.257 e. The van der Waals surface area contributed by atoms with Crippen molar-refractivity contribution in [2.45, 2.75) is 32.3 Å². The van der Waals surface area contributed by atoms with Gasteiger partial charge in [0.25, 0.3) is 5.91 Å². The number of rotatable bonds is 5. The second-order valence-corrected chi connectivity index (χ2v) is 7.21. The number of likely N-dealkylation sites (tertiary alicyclic amines) is 1. The van der Waals surface area contributed by atoms with Crippen molar-refractivity contribution >= 4 is 5.91 Å². The molecule has 2 aromatic rings. The number of carbonyl (C=O) groups excluding carboxylic acids is 1. The van der Waals surface area contributed by atoms with E-state index in [0.29, 0.717) is 36.9 Å². The summed E-state index contributed by atoms with van der Waals surface area (Å²) in [6, 6.07) is 5.59. The minimum Gasteiger partial charge on any atom is -0.492 e. The number of aryl methyl sites for hydroxylation is 2. The summed E-state index contributed by atoms with van der Waals surface area (Å²) in [4.78, 5) is 18.6. The Hall–Kier alpha value is -2.34.